The van der Waals surface area contributed by atoms with Gasteiger partial charge in [0.2, 0.25) is 9.84 Å². The van der Waals surface area contributed by atoms with Crippen LogP contribution in [-0.2, 0) is 9.84 Å². The minimum absolute atomic E-state index is 0.120. The van der Waals surface area contributed by atoms with Gasteiger partial charge in [0.05, 0.1) is 9.79 Å². The van der Waals surface area contributed by atoms with E-state index in [0.717, 1.165) is 19.6 Å². The summed E-state index contributed by atoms with van der Waals surface area (Å²) < 4.78 is 28.9. The van der Waals surface area contributed by atoms with Crippen molar-refractivity contribution in [2.24, 2.45) is 0 Å². The Morgan fingerprint density at radius 1 is 0.319 bits per heavy atom. The van der Waals surface area contributed by atoms with E-state index in [1.165, 1.54) is 47.0 Å². The zero-order valence-corrected chi connectivity index (χ0v) is 28.4. The molecule has 6 rings (SSSR count). The van der Waals surface area contributed by atoms with E-state index in [0.29, 0.717) is 19.6 Å². The molecule has 6 aromatic carbocycles. The van der Waals surface area contributed by atoms with E-state index in [2.05, 4.69) is 0 Å². The molecule has 0 aliphatic rings. The smallest absolute Gasteiger partial charge is 0.206 e. The summed E-state index contributed by atoms with van der Waals surface area (Å²) in [4.78, 5) is 6.37. The molecule has 6 aromatic rings. The van der Waals surface area contributed by atoms with Crippen LogP contribution in [0, 0.1) is 0 Å². The monoisotopic (exact) mass is 714 g/mol. The minimum atomic E-state index is -4.04. The van der Waals surface area contributed by atoms with Crippen LogP contribution in [0.5, 0.6) is 23.0 Å². The first-order valence-electron chi connectivity index (χ1n) is 14.0. The summed E-state index contributed by atoms with van der Waals surface area (Å²) in [5, 5.41) is 39.0. The van der Waals surface area contributed by atoms with Crippen molar-refractivity contribution >= 4 is 56.9 Å². The standard InChI is InChI=1S/C36H26O6S5/c37-23-1-9-27(10-2-23)43-31-17-32(44-28-11-3-24(38)4-12-28)20-35(19-31)47(41,42)36-21-33(45-29-13-5-25(39)6-14-29)18-34(22-36)46-30-15-7-26(40)8-16-30/h1-22,37-40H. The third-order valence-corrected chi connectivity index (χ3v) is 12.2. The highest BCUT2D eigenvalue weighted by atomic mass is 32.2. The van der Waals surface area contributed by atoms with Crippen molar-refractivity contribution in [1.29, 1.82) is 0 Å². The number of phenolic OH excluding ortho intramolecular Hbond substituents is 4. The molecule has 0 radical (unpaired) electrons. The van der Waals surface area contributed by atoms with Gasteiger partial charge in [0.1, 0.15) is 23.0 Å². The van der Waals surface area contributed by atoms with E-state index >= 15 is 0 Å². The Kier molecular flexibility index (Phi) is 10.00. The number of rotatable bonds is 10. The Balaban J connectivity index is 1.42. The van der Waals surface area contributed by atoms with Crippen LogP contribution >= 0.6 is 47.0 Å². The summed E-state index contributed by atoms with van der Waals surface area (Å²) in [5.41, 5.74) is 0. The quantitative estimate of drug-likeness (QED) is 0.109. The number of hydrogen-bond donors (Lipinski definition) is 4. The molecule has 0 spiro atoms. The van der Waals surface area contributed by atoms with Crippen molar-refractivity contribution in [2.75, 3.05) is 0 Å². The van der Waals surface area contributed by atoms with Gasteiger partial charge in [-0.1, -0.05) is 47.0 Å². The second-order valence-corrected chi connectivity index (χ2v) is 16.7. The molecule has 0 unspecified atom stereocenters. The molecule has 0 saturated carbocycles. The Hall–Kier alpha value is -4.13. The zero-order valence-electron chi connectivity index (χ0n) is 24.3. The van der Waals surface area contributed by atoms with Gasteiger partial charge in [-0.05, 0) is 133 Å². The third kappa shape index (κ3) is 8.62. The largest absolute Gasteiger partial charge is 0.508 e. The fourth-order valence-corrected chi connectivity index (χ4v) is 9.89. The maximum Gasteiger partial charge on any atom is 0.206 e. The van der Waals surface area contributed by atoms with Gasteiger partial charge in [0.25, 0.3) is 0 Å². The second-order valence-electron chi connectivity index (χ2n) is 10.2. The Labute approximate surface area is 289 Å². The molecule has 0 saturated heterocycles. The maximum atomic E-state index is 14.5. The van der Waals surface area contributed by atoms with Crippen LogP contribution in [0.2, 0.25) is 0 Å². The van der Waals surface area contributed by atoms with Crippen LogP contribution in [0.3, 0.4) is 0 Å². The van der Waals surface area contributed by atoms with Crippen LogP contribution in [-0.4, -0.2) is 28.8 Å². The van der Waals surface area contributed by atoms with Gasteiger partial charge in [0.15, 0.2) is 0 Å². The average Bonchev–Trinajstić information content (AvgIpc) is 3.05. The van der Waals surface area contributed by atoms with Crippen LogP contribution in [0.15, 0.2) is 182 Å². The molecule has 236 valence electrons. The lowest BCUT2D eigenvalue weighted by molar-refractivity contribution is 0.474. The lowest BCUT2D eigenvalue weighted by atomic mass is 10.3. The predicted octanol–water partition coefficient (Wildman–Crippen LogP) is 9.95. The van der Waals surface area contributed by atoms with Crippen molar-refractivity contribution < 1.29 is 28.8 Å². The normalized spacial score (nSPS) is 11.4. The predicted molar refractivity (Wildman–Crippen MR) is 187 cm³/mol. The van der Waals surface area contributed by atoms with Crippen LogP contribution in [0.25, 0.3) is 0 Å². The van der Waals surface area contributed by atoms with Crippen LogP contribution < -0.4 is 0 Å². The van der Waals surface area contributed by atoms with Crippen molar-refractivity contribution in [3.05, 3.63) is 133 Å². The molecule has 4 N–H and O–H groups in total. The lowest BCUT2D eigenvalue weighted by Crippen LogP contribution is -2.03. The molecule has 0 aliphatic heterocycles. The Bertz CT molecular complexity index is 1840. The summed E-state index contributed by atoms with van der Waals surface area (Å²) in [5.74, 6) is 0.557. The van der Waals surface area contributed by atoms with Gasteiger partial charge < -0.3 is 20.4 Å². The van der Waals surface area contributed by atoms with E-state index < -0.39 is 9.84 Å². The zero-order chi connectivity index (χ0) is 33.0. The van der Waals surface area contributed by atoms with Gasteiger partial charge in [0, 0.05) is 39.2 Å². The summed E-state index contributed by atoms with van der Waals surface area (Å²) in [7, 11) is -4.04. The van der Waals surface area contributed by atoms with Crippen LogP contribution in [0.4, 0.5) is 0 Å². The molecule has 47 heavy (non-hydrogen) atoms. The molecule has 0 aromatic heterocycles. The maximum absolute atomic E-state index is 14.5. The SMILES string of the molecule is O=S(=O)(c1cc(Sc2ccc(O)cc2)cc(Sc2ccc(O)cc2)c1)c1cc(Sc2ccc(O)cc2)cc(Sc2ccc(O)cc2)c1. The number of phenols is 4. The summed E-state index contributed by atoms with van der Waals surface area (Å²) >= 11 is 5.53. The molecule has 0 amide bonds. The molecule has 0 atom stereocenters. The van der Waals surface area contributed by atoms with Crippen molar-refractivity contribution in [1.82, 2.24) is 0 Å². The third-order valence-electron chi connectivity index (χ3n) is 6.62. The molecule has 11 heteroatoms. The van der Waals surface area contributed by atoms with E-state index in [1.54, 1.807) is 121 Å². The highest BCUT2D eigenvalue weighted by Crippen LogP contribution is 2.41. The van der Waals surface area contributed by atoms with Gasteiger partial charge in [-0.25, -0.2) is 8.42 Å². The number of hydrogen-bond acceptors (Lipinski definition) is 10. The molecule has 0 fully saturated rings. The molecule has 6 nitrogen and oxygen atoms in total. The van der Waals surface area contributed by atoms with Crippen molar-refractivity contribution in [2.45, 2.75) is 49.0 Å². The molecule has 0 heterocycles. The van der Waals surface area contributed by atoms with Crippen molar-refractivity contribution in [3.63, 3.8) is 0 Å². The first-order valence-corrected chi connectivity index (χ1v) is 18.8. The second kappa shape index (κ2) is 14.3. The highest BCUT2D eigenvalue weighted by molar-refractivity contribution is 8.00. The highest BCUT2D eigenvalue weighted by Gasteiger charge is 2.22. The molecule has 0 aliphatic carbocycles. The Morgan fingerprint density at radius 2 is 0.532 bits per heavy atom. The van der Waals surface area contributed by atoms with Gasteiger partial charge in [-0.2, -0.15) is 0 Å². The van der Waals surface area contributed by atoms with E-state index in [9.17, 15) is 28.8 Å². The number of benzene rings is 6. The van der Waals surface area contributed by atoms with Crippen LogP contribution in [0.1, 0.15) is 0 Å². The first kappa shape index (κ1) is 32.8. The number of aromatic hydroxyl groups is 4. The van der Waals surface area contributed by atoms with Gasteiger partial charge in [-0.15, -0.1) is 0 Å². The minimum Gasteiger partial charge on any atom is -0.508 e. The Morgan fingerprint density at radius 3 is 0.745 bits per heavy atom. The van der Waals surface area contributed by atoms with Crippen molar-refractivity contribution in [3.8, 4) is 23.0 Å². The summed E-state index contributed by atoms with van der Waals surface area (Å²) in [6.45, 7) is 0. The molecule has 0 bridgehead atoms. The average molecular weight is 715 g/mol. The van der Waals surface area contributed by atoms with Gasteiger partial charge >= 0.3 is 0 Å². The first-order chi connectivity index (χ1) is 22.6. The fraction of sp³-hybridized carbons (Fsp3) is 0. The topological polar surface area (TPSA) is 115 Å². The summed E-state index contributed by atoms with van der Waals surface area (Å²) in [6, 6.07) is 37.3. The van der Waals surface area contributed by atoms with E-state index in [1.807, 2.05) is 12.1 Å². The summed E-state index contributed by atoms with van der Waals surface area (Å²) in [6.07, 6.45) is 0. The number of sulfone groups is 1. The fourth-order valence-electron chi connectivity index (χ4n) is 4.37. The molecular formula is C36H26O6S5. The lowest BCUT2D eigenvalue weighted by Gasteiger charge is -2.13. The van der Waals surface area contributed by atoms with E-state index in [4.69, 9.17) is 0 Å². The van der Waals surface area contributed by atoms with E-state index in [-0.39, 0.29) is 32.8 Å². The van der Waals surface area contributed by atoms with Gasteiger partial charge in [-0.3, -0.25) is 0 Å². The molecular weight excluding hydrogens is 689 g/mol.